The lowest BCUT2D eigenvalue weighted by Crippen LogP contribution is -2.61. The summed E-state index contributed by atoms with van der Waals surface area (Å²) in [5.74, 6) is -5.71. The Labute approximate surface area is 165 Å². The first kappa shape index (κ1) is 21.1. The van der Waals surface area contributed by atoms with Crippen LogP contribution in [0.2, 0.25) is 0 Å². The number of fused-ring (bicyclic) bond motifs is 1. The van der Waals surface area contributed by atoms with E-state index >= 15 is 0 Å². The van der Waals surface area contributed by atoms with Crippen LogP contribution in [0.25, 0.3) is 0 Å². The van der Waals surface area contributed by atoms with Gasteiger partial charge in [0.2, 0.25) is 6.29 Å². The fourth-order valence-corrected chi connectivity index (χ4v) is 4.61. The summed E-state index contributed by atoms with van der Waals surface area (Å²) in [5.41, 5.74) is -2.40. The van der Waals surface area contributed by atoms with Crippen LogP contribution in [0.1, 0.15) is 45.4 Å². The highest BCUT2D eigenvalue weighted by atomic mass is 19.1. The predicted molar refractivity (Wildman–Crippen MR) is 91.5 cm³/mol. The maximum absolute atomic E-state index is 14.4. The number of carbonyl (C=O) groups excluding carboxylic acids is 2. The van der Waals surface area contributed by atoms with Gasteiger partial charge < -0.3 is 29.7 Å². The molecule has 0 aromatic heterocycles. The quantitative estimate of drug-likeness (QED) is 0.436. The first-order valence-corrected chi connectivity index (χ1v) is 9.63. The zero-order chi connectivity index (χ0) is 21.3. The molecule has 10 nitrogen and oxygen atoms in total. The molecule has 0 aromatic rings. The molecule has 0 spiro atoms. The number of amides is 1. The molecule has 3 N–H and O–H groups in total. The standard InChI is InChI=1S/C18H24FNO9/c1-8(28-17(26)29-9-5-3-2-4-6-9)27-16(25)20-18(15(23)24)11(19)7-10-12(13(10)18)14(21)22/h8-13H,2-7H2,1H3,(H,20,25)(H,21,22)(H,23,24)/t8?,10-,11-,12-,13-,18-/m0/s1. The van der Waals surface area contributed by atoms with Gasteiger partial charge in [0.1, 0.15) is 12.3 Å². The number of carboxylic acids is 2. The summed E-state index contributed by atoms with van der Waals surface area (Å²) in [6.45, 7) is 1.22. The average Bonchev–Trinajstić information content (AvgIpc) is 3.26. The van der Waals surface area contributed by atoms with Crippen LogP contribution in [0.5, 0.6) is 0 Å². The highest BCUT2D eigenvalue weighted by molar-refractivity contribution is 5.90. The Balaban J connectivity index is 1.55. The average molecular weight is 417 g/mol. The minimum atomic E-state index is -2.40. The second kappa shape index (κ2) is 8.03. The first-order valence-electron chi connectivity index (χ1n) is 9.63. The molecule has 6 atom stereocenters. The Morgan fingerprint density at radius 1 is 1.10 bits per heavy atom. The van der Waals surface area contributed by atoms with Gasteiger partial charge in [-0.3, -0.25) is 4.79 Å². The van der Waals surface area contributed by atoms with Crippen molar-refractivity contribution in [1.82, 2.24) is 5.32 Å². The van der Waals surface area contributed by atoms with E-state index in [2.05, 4.69) is 0 Å². The van der Waals surface area contributed by atoms with Crippen LogP contribution in [0.4, 0.5) is 14.0 Å². The molecule has 162 valence electrons. The van der Waals surface area contributed by atoms with Gasteiger partial charge in [-0.25, -0.2) is 18.8 Å². The van der Waals surface area contributed by atoms with Gasteiger partial charge in [-0.2, -0.15) is 0 Å². The molecule has 3 rings (SSSR count). The van der Waals surface area contributed by atoms with Crippen molar-refractivity contribution in [2.75, 3.05) is 0 Å². The lowest BCUT2D eigenvalue weighted by atomic mass is 9.89. The van der Waals surface area contributed by atoms with E-state index in [0.29, 0.717) is 0 Å². The van der Waals surface area contributed by atoms with Crippen molar-refractivity contribution in [3.63, 3.8) is 0 Å². The van der Waals surface area contributed by atoms with Crippen molar-refractivity contribution in [1.29, 1.82) is 0 Å². The van der Waals surface area contributed by atoms with Gasteiger partial charge in [0.05, 0.1) is 5.92 Å². The molecule has 3 fully saturated rings. The minimum absolute atomic E-state index is 0.266. The molecule has 0 heterocycles. The number of alkyl halides is 1. The largest absolute Gasteiger partial charge is 0.511 e. The van der Waals surface area contributed by atoms with Gasteiger partial charge in [0, 0.05) is 12.8 Å². The van der Waals surface area contributed by atoms with E-state index < -0.39 is 59.9 Å². The van der Waals surface area contributed by atoms with Crippen molar-refractivity contribution >= 4 is 24.2 Å². The molecule has 3 aliphatic carbocycles. The number of ether oxygens (including phenoxy) is 3. The van der Waals surface area contributed by atoms with Gasteiger partial charge in [-0.05, 0) is 38.0 Å². The summed E-state index contributed by atoms with van der Waals surface area (Å²) in [7, 11) is 0. The number of aliphatic carboxylic acids is 2. The predicted octanol–water partition coefficient (Wildman–Crippen LogP) is 2.06. The third-order valence-corrected chi connectivity index (χ3v) is 5.97. The van der Waals surface area contributed by atoms with E-state index in [1.807, 2.05) is 5.32 Å². The molecule has 11 heteroatoms. The molecule has 0 radical (unpaired) electrons. The normalized spacial score (nSPS) is 34.4. The lowest BCUT2D eigenvalue weighted by molar-refractivity contribution is -0.150. The van der Waals surface area contributed by atoms with Crippen LogP contribution >= 0.6 is 0 Å². The number of hydrogen-bond acceptors (Lipinski definition) is 7. The van der Waals surface area contributed by atoms with Gasteiger partial charge in [0.15, 0.2) is 5.54 Å². The minimum Gasteiger partial charge on any atom is -0.481 e. The monoisotopic (exact) mass is 417 g/mol. The van der Waals surface area contributed by atoms with Gasteiger partial charge in [-0.15, -0.1) is 0 Å². The molecule has 3 saturated carbocycles. The molecule has 0 aliphatic heterocycles. The highest BCUT2D eigenvalue weighted by Gasteiger charge is 2.76. The molecule has 0 bridgehead atoms. The summed E-state index contributed by atoms with van der Waals surface area (Å²) in [4.78, 5) is 46.9. The van der Waals surface area contributed by atoms with E-state index in [1.165, 1.54) is 6.92 Å². The van der Waals surface area contributed by atoms with Crippen LogP contribution in [0.15, 0.2) is 0 Å². The number of carbonyl (C=O) groups is 4. The number of halogens is 1. The fourth-order valence-electron chi connectivity index (χ4n) is 4.61. The Hall–Kier alpha value is -2.59. The first-order chi connectivity index (χ1) is 13.7. The zero-order valence-corrected chi connectivity index (χ0v) is 15.8. The Morgan fingerprint density at radius 3 is 2.34 bits per heavy atom. The van der Waals surface area contributed by atoms with E-state index in [1.54, 1.807) is 0 Å². The van der Waals surface area contributed by atoms with Gasteiger partial charge >= 0.3 is 24.2 Å². The van der Waals surface area contributed by atoms with Crippen molar-refractivity contribution < 1.29 is 48.0 Å². The second-order valence-electron chi connectivity index (χ2n) is 7.77. The van der Waals surface area contributed by atoms with Crippen molar-refractivity contribution in [3.05, 3.63) is 0 Å². The summed E-state index contributed by atoms with van der Waals surface area (Å²) in [6, 6.07) is 0. The van der Waals surface area contributed by atoms with E-state index in [0.717, 1.165) is 32.1 Å². The number of alkyl carbamates (subject to hydrolysis) is 1. The third-order valence-electron chi connectivity index (χ3n) is 5.97. The maximum atomic E-state index is 14.4. The molecule has 0 saturated heterocycles. The molecule has 1 amide bonds. The van der Waals surface area contributed by atoms with Gasteiger partial charge in [-0.1, -0.05) is 6.42 Å². The zero-order valence-electron chi connectivity index (χ0n) is 15.8. The van der Waals surface area contributed by atoms with Crippen LogP contribution < -0.4 is 5.32 Å². The van der Waals surface area contributed by atoms with E-state index in [-0.39, 0.29) is 12.5 Å². The van der Waals surface area contributed by atoms with Crippen LogP contribution in [0.3, 0.4) is 0 Å². The van der Waals surface area contributed by atoms with Crippen molar-refractivity contribution in [2.24, 2.45) is 17.8 Å². The number of hydrogen-bond donors (Lipinski definition) is 3. The second-order valence-corrected chi connectivity index (χ2v) is 7.77. The van der Waals surface area contributed by atoms with Crippen LogP contribution in [0, 0.1) is 17.8 Å². The van der Waals surface area contributed by atoms with Crippen LogP contribution in [-0.2, 0) is 23.8 Å². The number of rotatable bonds is 6. The Morgan fingerprint density at radius 2 is 1.76 bits per heavy atom. The summed E-state index contributed by atoms with van der Waals surface area (Å²) >= 11 is 0. The lowest BCUT2D eigenvalue weighted by Gasteiger charge is -2.31. The molecular formula is C18H24FNO9. The third kappa shape index (κ3) is 4.08. The molecule has 1 unspecified atom stereocenters. The van der Waals surface area contributed by atoms with Crippen LogP contribution in [-0.4, -0.2) is 58.5 Å². The van der Waals surface area contributed by atoms with Crippen molar-refractivity contribution in [3.8, 4) is 0 Å². The fraction of sp³-hybridized carbons (Fsp3) is 0.778. The molecule has 29 heavy (non-hydrogen) atoms. The molecule has 0 aromatic carbocycles. The Bertz CT molecular complexity index is 695. The topological polar surface area (TPSA) is 148 Å². The SMILES string of the molecule is CC(OC(=O)N[C@]1(C(=O)O)[C@H]2[C@@H](C[C@@H]1F)[C@@H]2C(=O)O)OC(=O)OC1CCCCC1. The Kier molecular flexibility index (Phi) is 5.85. The van der Waals surface area contributed by atoms with Gasteiger partial charge in [0.25, 0.3) is 0 Å². The highest BCUT2D eigenvalue weighted by Crippen LogP contribution is 2.63. The number of nitrogens with one attached hydrogen (secondary N) is 1. The van der Waals surface area contributed by atoms with E-state index in [4.69, 9.17) is 19.3 Å². The molecular weight excluding hydrogens is 393 g/mol. The van der Waals surface area contributed by atoms with E-state index in [9.17, 15) is 28.7 Å². The summed E-state index contributed by atoms with van der Waals surface area (Å²) in [5, 5.41) is 20.6. The van der Waals surface area contributed by atoms with Crippen molar-refractivity contribution in [2.45, 2.75) is 69.6 Å². The number of carboxylic acid groups (broad SMARTS) is 2. The summed E-state index contributed by atoms with van der Waals surface area (Å²) < 4.78 is 29.2. The summed E-state index contributed by atoms with van der Waals surface area (Å²) in [6.07, 6.45) is -1.90. The maximum Gasteiger partial charge on any atom is 0.511 e. The smallest absolute Gasteiger partial charge is 0.481 e. The molecule has 3 aliphatic rings.